The van der Waals surface area contributed by atoms with Crippen molar-refractivity contribution in [2.75, 3.05) is 23.1 Å². The van der Waals surface area contributed by atoms with E-state index in [1.807, 2.05) is 0 Å². The van der Waals surface area contributed by atoms with E-state index >= 15 is 0 Å². The van der Waals surface area contributed by atoms with Gasteiger partial charge in [-0.25, -0.2) is 12.8 Å². The van der Waals surface area contributed by atoms with E-state index < -0.39 is 15.8 Å². The number of halogens is 1. The van der Waals surface area contributed by atoms with Crippen LogP contribution in [0.15, 0.2) is 24.3 Å². The Morgan fingerprint density at radius 1 is 1.42 bits per heavy atom. The van der Waals surface area contributed by atoms with Gasteiger partial charge in [0.2, 0.25) is 10.0 Å². The van der Waals surface area contributed by atoms with Crippen LogP contribution in [-0.4, -0.2) is 33.3 Å². The van der Waals surface area contributed by atoms with Gasteiger partial charge in [0.1, 0.15) is 5.82 Å². The highest BCUT2D eigenvalue weighted by molar-refractivity contribution is 7.92. The Labute approximate surface area is 113 Å². The second kappa shape index (κ2) is 5.88. The molecule has 6 heteroatoms. The Morgan fingerprint density at radius 3 is 2.74 bits per heavy atom. The fourth-order valence-electron chi connectivity index (χ4n) is 2.41. The molecular formula is C13H19FN2O2S. The highest BCUT2D eigenvalue weighted by atomic mass is 32.2. The van der Waals surface area contributed by atoms with E-state index in [4.69, 9.17) is 0 Å². The maximum Gasteiger partial charge on any atom is 0.236 e. The monoisotopic (exact) mass is 286 g/mol. The van der Waals surface area contributed by atoms with E-state index in [0.717, 1.165) is 23.7 Å². The molecule has 1 saturated heterocycles. The van der Waals surface area contributed by atoms with Crippen molar-refractivity contribution in [3.63, 3.8) is 0 Å². The Balaban J connectivity index is 2.23. The molecule has 0 aromatic heterocycles. The van der Waals surface area contributed by atoms with Crippen molar-refractivity contribution < 1.29 is 12.8 Å². The summed E-state index contributed by atoms with van der Waals surface area (Å²) < 4.78 is 39.7. The molecule has 0 saturated carbocycles. The molecule has 1 heterocycles. The number of nitrogens with one attached hydrogen (secondary N) is 1. The van der Waals surface area contributed by atoms with Gasteiger partial charge in [-0.15, -0.1) is 0 Å². The molecule has 1 N–H and O–H groups in total. The SMILES string of the molecule is CCN(c1ccccc1F)S(=O)(=O)CC1CCCN1. The maximum atomic E-state index is 13.7. The summed E-state index contributed by atoms with van der Waals surface area (Å²) in [6.07, 6.45) is 1.85. The van der Waals surface area contributed by atoms with Crippen LogP contribution in [0.1, 0.15) is 19.8 Å². The van der Waals surface area contributed by atoms with Gasteiger partial charge in [0.25, 0.3) is 0 Å². The van der Waals surface area contributed by atoms with Gasteiger partial charge in [-0.2, -0.15) is 0 Å². The Kier molecular flexibility index (Phi) is 4.42. The van der Waals surface area contributed by atoms with Crippen molar-refractivity contribution in [2.45, 2.75) is 25.8 Å². The summed E-state index contributed by atoms with van der Waals surface area (Å²) >= 11 is 0. The summed E-state index contributed by atoms with van der Waals surface area (Å²) in [5.41, 5.74) is 0.128. The van der Waals surface area contributed by atoms with E-state index in [1.54, 1.807) is 19.1 Å². The van der Waals surface area contributed by atoms with Gasteiger partial charge in [0.05, 0.1) is 11.4 Å². The van der Waals surface area contributed by atoms with Crippen molar-refractivity contribution >= 4 is 15.7 Å². The third-order valence-electron chi connectivity index (χ3n) is 3.32. The number of sulfonamides is 1. The van der Waals surface area contributed by atoms with Crippen molar-refractivity contribution in [3.8, 4) is 0 Å². The highest BCUT2D eigenvalue weighted by Crippen LogP contribution is 2.23. The summed E-state index contributed by atoms with van der Waals surface area (Å²) in [5.74, 6) is -0.484. The van der Waals surface area contributed by atoms with E-state index in [1.165, 1.54) is 12.1 Å². The van der Waals surface area contributed by atoms with Gasteiger partial charge in [0, 0.05) is 12.6 Å². The maximum absolute atomic E-state index is 13.7. The first-order valence-electron chi connectivity index (χ1n) is 6.53. The fraction of sp³-hybridized carbons (Fsp3) is 0.538. The van der Waals surface area contributed by atoms with Crippen LogP contribution in [0.25, 0.3) is 0 Å². The van der Waals surface area contributed by atoms with Crippen LogP contribution in [0.3, 0.4) is 0 Å². The standard InChI is InChI=1S/C13H19FN2O2S/c1-2-16(13-8-4-3-7-12(13)14)19(17,18)10-11-6-5-9-15-11/h3-4,7-8,11,15H,2,5-6,9-10H2,1H3. The highest BCUT2D eigenvalue weighted by Gasteiger charge is 2.28. The van der Waals surface area contributed by atoms with Gasteiger partial charge in [-0.1, -0.05) is 12.1 Å². The fourth-order valence-corrected chi connectivity index (χ4v) is 4.23. The topological polar surface area (TPSA) is 49.4 Å². The van der Waals surface area contributed by atoms with Gasteiger partial charge < -0.3 is 5.32 Å². The first-order valence-corrected chi connectivity index (χ1v) is 8.14. The molecular weight excluding hydrogens is 267 g/mol. The van der Waals surface area contributed by atoms with E-state index in [9.17, 15) is 12.8 Å². The summed E-state index contributed by atoms with van der Waals surface area (Å²) in [7, 11) is -3.50. The third kappa shape index (κ3) is 3.25. The van der Waals surface area contributed by atoms with Gasteiger partial charge in [0.15, 0.2) is 0 Å². The summed E-state index contributed by atoms with van der Waals surface area (Å²) in [5, 5.41) is 3.16. The smallest absolute Gasteiger partial charge is 0.236 e. The molecule has 106 valence electrons. The Bertz CT molecular complexity index is 527. The first kappa shape index (κ1) is 14.3. The van der Waals surface area contributed by atoms with Crippen LogP contribution >= 0.6 is 0 Å². The van der Waals surface area contributed by atoms with Crippen LogP contribution in [0.2, 0.25) is 0 Å². The molecule has 1 aliphatic heterocycles. The number of anilines is 1. The first-order chi connectivity index (χ1) is 9.04. The average Bonchev–Trinajstić information content (AvgIpc) is 2.84. The molecule has 0 aliphatic carbocycles. The molecule has 0 spiro atoms. The molecule has 0 bridgehead atoms. The van der Waals surface area contributed by atoms with Crippen LogP contribution in [-0.2, 0) is 10.0 Å². The van der Waals surface area contributed by atoms with E-state index in [0.29, 0.717) is 0 Å². The Hall–Kier alpha value is -1.14. The quantitative estimate of drug-likeness (QED) is 0.897. The number of nitrogens with zero attached hydrogens (tertiary/aromatic N) is 1. The van der Waals surface area contributed by atoms with Gasteiger partial charge in [-0.05, 0) is 38.4 Å². The van der Waals surface area contributed by atoms with Crippen molar-refractivity contribution in [1.29, 1.82) is 0 Å². The molecule has 0 radical (unpaired) electrons. The van der Waals surface area contributed by atoms with Crippen molar-refractivity contribution in [3.05, 3.63) is 30.1 Å². The second-order valence-electron chi connectivity index (χ2n) is 4.69. The molecule has 1 aromatic carbocycles. The lowest BCUT2D eigenvalue weighted by Gasteiger charge is -2.24. The van der Waals surface area contributed by atoms with Gasteiger partial charge >= 0.3 is 0 Å². The lowest BCUT2D eigenvalue weighted by atomic mass is 10.3. The van der Waals surface area contributed by atoms with E-state index in [2.05, 4.69) is 5.32 Å². The zero-order valence-corrected chi connectivity index (χ0v) is 11.8. The van der Waals surface area contributed by atoms with Crippen LogP contribution < -0.4 is 9.62 Å². The average molecular weight is 286 g/mol. The molecule has 0 amide bonds. The number of hydrogen-bond donors (Lipinski definition) is 1. The molecule has 1 aliphatic rings. The van der Waals surface area contributed by atoms with Crippen molar-refractivity contribution in [1.82, 2.24) is 5.32 Å². The number of benzene rings is 1. The van der Waals surface area contributed by atoms with Gasteiger partial charge in [-0.3, -0.25) is 4.31 Å². The predicted octanol–water partition coefficient (Wildman–Crippen LogP) is 1.73. The molecule has 1 aromatic rings. The normalized spacial score (nSPS) is 19.6. The minimum Gasteiger partial charge on any atom is -0.313 e. The van der Waals surface area contributed by atoms with E-state index in [-0.39, 0.29) is 24.0 Å². The summed E-state index contributed by atoms with van der Waals surface area (Å²) in [6, 6.07) is 5.95. The zero-order valence-electron chi connectivity index (χ0n) is 11.0. The Morgan fingerprint density at radius 2 is 2.16 bits per heavy atom. The minimum atomic E-state index is -3.50. The zero-order chi connectivity index (χ0) is 13.9. The third-order valence-corrected chi connectivity index (χ3v) is 5.27. The summed E-state index contributed by atoms with van der Waals surface area (Å²) in [4.78, 5) is 0. The molecule has 2 rings (SSSR count). The number of rotatable bonds is 5. The van der Waals surface area contributed by atoms with Crippen LogP contribution in [0.4, 0.5) is 10.1 Å². The van der Waals surface area contributed by atoms with Crippen molar-refractivity contribution in [2.24, 2.45) is 0 Å². The predicted molar refractivity (Wildman–Crippen MR) is 74.2 cm³/mol. The van der Waals surface area contributed by atoms with Crippen LogP contribution in [0, 0.1) is 5.82 Å². The summed E-state index contributed by atoms with van der Waals surface area (Å²) in [6.45, 7) is 2.80. The largest absolute Gasteiger partial charge is 0.313 e. The second-order valence-corrected chi connectivity index (χ2v) is 6.63. The molecule has 1 unspecified atom stereocenters. The number of hydrogen-bond acceptors (Lipinski definition) is 3. The minimum absolute atomic E-state index is 0.0224. The van der Waals surface area contributed by atoms with Crippen LogP contribution in [0.5, 0.6) is 0 Å². The number of para-hydroxylation sites is 1. The molecule has 19 heavy (non-hydrogen) atoms. The lowest BCUT2D eigenvalue weighted by Crippen LogP contribution is -2.40. The molecule has 4 nitrogen and oxygen atoms in total. The molecule has 1 fully saturated rings. The lowest BCUT2D eigenvalue weighted by molar-refractivity contribution is 0.569. The molecule has 1 atom stereocenters.